The van der Waals surface area contributed by atoms with Gasteiger partial charge in [-0.05, 0) is 30.3 Å². The third-order valence-corrected chi connectivity index (χ3v) is 6.03. The summed E-state index contributed by atoms with van der Waals surface area (Å²) in [5.74, 6) is -2.20. The molecule has 0 spiro atoms. The maximum Gasteiger partial charge on any atom is 0.351 e. The van der Waals surface area contributed by atoms with Crippen LogP contribution in [-0.2, 0) is 14.2 Å². The quantitative estimate of drug-likeness (QED) is 0.263. The van der Waals surface area contributed by atoms with E-state index in [2.05, 4.69) is 4.98 Å². The molecule has 0 saturated carbocycles. The van der Waals surface area contributed by atoms with Crippen LogP contribution in [0.15, 0.2) is 77.7 Å². The Bertz CT molecular complexity index is 1280. The minimum atomic E-state index is -2.10. The third-order valence-electron chi connectivity index (χ3n) is 5.58. The highest BCUT2D eigenvalue weighted by atomic mass is 35.5. The lowest BCUT2D eigenvalue weighted by Gasteiger charge is -2.31. The van der Waals surface area contributed by atoms with Crippen LogP contribution >= 0.6 is 11.6 Å². The summed E-state index contributed by atoms with van der Waals surface area (Å²) in [6.07, 6.45) is -4.24. The zero-order valence-corrected chi connectivity index (χ0v) is 19.4. The molecule has 4 rings (SSSR count). The largest absolute Gasteiger partial charge is 0.459 e. The van der Waals surface area contributed by atoms with Crippen LogP contribution < -0.4 is 11.2 Å². The Kier molecular flexibility index (Phi) is 7.63. The second-order valence-corrected chi connectivity index (χ2v) is 8.17. The van der Waals surface area contributed by atoms with Gasteiger partial charge in [0.25, 0.3) is 0 Å². The topological polar surface area (TPSA) is 129 Å². The van der Waals surface area contributed by atoms with Crippen LogP contribution in [0, 0.1) is 0 Å². The molecule has 2 N–H and O–H groups in total. The molecule has 1 fully saturated rings. The molecule has 36 heavy (non-hydrogen) atoms. The van der Waals surface area contributed by atoms with Crippen LogP contribution in [0.3, 0.4) is 0 Å². The van der Waals surface area contributed by atoms with Gasteiger partial charge in [0.1, 0.15) is 6.61 Å². The molecule has 2 heterocycles. The van der Waals surface area contributed by atoms with Crippen LogP contribution in [0.4, 0.5) is 10.2 Å². The van der Waals surface area contributed by atoms with E-state index in [4.69, 9.17) is 31.0 Å². The predicted octanol–water partition coefficient (Wildman–Crippen LogP) is 2.97. The van der Waals surface area contributed by atoms with Gasteiger partial charge in [0.2, 0.25) is 0 Å². The van der Waals surface area contributed by atoms with E-state index in [0.717, 1.165) is 10.8 Å². The number of nitrogens with one attached hydrogen (secondary N) is 1. The number of hydrogen-bond donors (Lipinski definition) is 2. The summed E-state index contributed by atoms with van der Waals surface area (Å²) < 4.78 is 33.4. The van der Waals surface area contributed by atoms with E-state index in [1.807, 2.05) is 0 Å². The summed E-state index contributed by atoms with van der Waals surface area (Å²) in [6.45, 7) is -0.577. The van der Waals surface area contributed by atoms with E-state index >= 15 is 4.39 Å². The number of carbonyl (C=O) groups is 2. The monoisotopic (exact) mass is 517 g/mol. The molecule has 0 radical (unpaired) electrons. The molecule has 1 aromatic heterocycles. The van der Waals surface area contributed by atoms with Crippen LogP contribution in [0.1, 0.15) is 26.9 Å². The van der Waals surface area contributed by atoms with Crippen molar-refractivity contribution in [3.05, 3.63) is 94.5 Å². The fraction of sp³-hybridized carbons (Fsp3) is 0.250. The first-order valence-electron chi connectivity index (χ1n) is 10.7. The average Bonchev–Trinajstić information content (AvgIpc) is 3.19. The molecule has 0 aliphatic carbocycles. The van der Waals surface area contributed by atoms with E-state index in [-0.39, 0.29) is 16.9 Å². The summed E-state index contributed by atoms with van der Waals surface area (Å²) >= 11 is 6.20. The number of carbonyl (C=O) groups excluding carboxylic acids is 2. The molecular formula is C24H21ClFN3O7. The molecule has 12 heteroatoms. The maximum absolute atomic E-state index is 15.9. The SMILES string of the molecule is O=C(OC[C@@]1(CCl)O[C@@H](n2ccc(NO)nc2=O)[C@H](F)[C@@H]1OC(=O)c1ccccc1)c1ccccc1. The molecule has 4 atom stereocenters. The smallest absolute Gasteiger partial charge is 0.351 e. The number of esters is 2. The lowest BCUT2D eigenvalue weighted by Crippen LogP contribution is -2.50. The molecule has 1 aliphatic rings. The van der Waals surface area contributed by atoms with Crippen molar-refractivity contribution in [3.8, 4) is 0 Å². The Hall–Kier alpha value is -3.80. The molecule has 0 bridgehead atoms. The highest BCUT2D eigenvalue weighted by Crippen LogP contribution is 2.42. The van der Waals surface area contributed by atoms with Gasteiger partial charge in [-0.1, -0.05) is 36.4 Å². The first-order chi connectivity index (χ1) is 17.4. The lowest BCUT2D eigenvalue weighted by atomic mass is 9.98. The van der Waals surface area contributed by atoms with Gasteiger partial charge in [-0.3, -0.25) is 15.3 Å². The number of nitrogens with zero attached hydrogens (tertiary/aromatic N) is 2. The summed E-state index contributed by atoms with van der Waals surface area (Å²) in [7, 11) is 0. The van der Waals surface area contributed by atoms with Crippen LogP contribution in [0.5, 0.6) is 0 Å². The minimum absolute atomic E-state index is 0.148. The highest BCUT2D eigenvalue weighted by molar-refractivity contribution is 6.18. The molecule has 1 aliphatic heterocycles. The van der Waals surface area contributed by atoms with Crippen LogP contribution in [0.2, 0.25) is 0 Å². The molecule has 188 valence electrons. The van der Waals surface area contributed by atoms with Gasteiger partial charge in [-0.25, -0.2) is 18.8 Å². The average molecular weight is 518 g/mol. The normalized spacial score (nSPS) is 23.1. The molecule has 10 nitrogen and oxygen atoms in total. The van der Waals surface area contributed by atoms with Crippen molar-refractivity contribution >= 4 is 29.4 Å². The second kappa shape index (κ2) is 10.9. The van der Waals surface area contributed by atoms with Crippen molar-refractivity contribution < 1.29 is 33.4 Å². The zero-order valence-electron chi connectivity index (χ0n) is 18.6. The number of ether oxygens (including phenoxy) is 3. The summed E-state index contributed by atoms with van der Waals surface area (Å²) in [5, 5.41) is 8.97. The number of aromatic nitrogens is 2. The molecule has 3 aromatic rings. The van der Waals surface area contributed by atoms with Gasteiger partial charge in [-0.15, -0.1) is 11.6 Å². The Morgan fingerprint density at radius 3 is 2.25 bits per heavy atom. The molecular weight excluding hydrogens is 497 g/mol. The molecule has 1 saturated heterocycles. The Labute approximate surface area is 209 Å². The number of anilines is 1. The van der Waals surface area contributed by atoms with Crippen molar-refractivity contribution in [2.24, 2.45) is 0 Å². The molecule has 0 unspecified atom stereocenters. The standard InChI is InChI=1S/C24H21ClFN3O7/c25-13-24(14-34-21(30)15-7-3-1-4-8-15)19(35-22(31)16-9-5-2-6-10-16)18(26)20(36-24)29-12-11-17(28-33)27-23(29)32/h1-12,18-20,33H,13-14H2,(H,27,28,32)/t18-,19+,20-,24-/m1/s1. The van der Waals surface area contributed by atoms with Gasteiger partial charge in [-0.2, -0.15) is 4.98 Å². The number of benzene rings is 2. The third kappa shape index (κ3) is 5.08. The zero-order chi connectivity index (χ0) is 25.7. The van der Waals surface area contributed by atoms with Gasteiger partial charge in [0.05, 0.1) is 17.0 Å². The predicted molar refractivity (Wildman–Crippen MR) is 125 cm³/mol. The summed E-state index contributed by atoms with van der Waals surface area (Å²) in [6, 6.07) is 17.1. The van der Waals surface area contributed by atoms with E-state index in [1.54, 1.807) is 41.9 Å². The second-order valence-electron chi connectivity index (χ2n) is 7.90. The van der Waals surface area contributed by atoms with Crippen molar-refractivity contribution in [1.82, 2.24) is 9.55 Å². The van der Waals surface area contributed by atoms with Crippen LogP contribution in [0.25, 0.3) is 0 Å². The fourth-order valence-electron chi connectivity index (χ4n) is 3.73. The van der Waals surface area contributed by atoms with Gasteiger partial charge >= 0.3 is 17.6 Å². The summed E-state index contributed by atoms with van der Waals surface area (Å²) in [5.41, 5.74) is -0.694. The number of rotatable bonds is 8. The lowest BCUT2D eigenvalue weighted by molar-refractivity contribution is -0.120. The van der Waals surface area contributed by atoms with Crippen LogP contribution in [-0.4, -0.2) is 57.1 Å². The molecule has 0 amide bonds. The van der Waals surface area contributed by atoms with Gasteiger partial charge in [0.15, 0.2) is 29.9 Å². The van der Waals surface area contributed by atoms with E-state index in [9.17, 15) is 14.4 Å². The first-order valence-corrected chi connectivity index (χ1v) is 11.3. The summed E-state index contributed by atoms with van der Waals surface area (Å²) in [4.78, 5) is 41.4. The number of halogens is 2. The van der Waals surface area contributed by atoms with Crippen molar-refractivity contribution in [1.29, 1.82) is 0 Å². The first kappa shape index (κ1) is 25.3. The van der Waals surface area contributed by atoms with Crippen molar-refractivity contribution in [2.75, 3.05) is 18.0 Å². The Morgan fingerprint density at radius 1 is 1.08 bits per heavy atom. The van der Waals surface area contributed by atoms with Crippen molar-refractivity contribution in [3.63, 3.8) is 0 Å². The number of hydrogen-bond acceptors (Lipinski definition) is 9. The van der Waals surface area contributed by atoms with E-state index in [0.29, 0.717) is 0 Å². The van der Waals surface area contributed by atoms with Crippen molar-refractivity contribution in [2.45, 2.75) is 24.1 Å². The fourth-order valence-corrected chi connectivity index (χ4v) is 4.02. The van der Waals surface area contributed by atoms with E-state index in [1.165, 1.54) is 30.3 Å². The minimum Gasteiger partial charge on any atom is -0.459 e. The van der Waals surface area contributed by atoms with E-state index < -0.39 is 54.2 Å². The highest BCUT2D eigenvalue weighted by Gasteiger charge is 2.59. The molecule has 2 aromatic carbocycles. The maximum atomic E-state index is 15.9. The van der Waals surface area contributed by atoms with Gasteiger partial charge < -0.3 is 14.2 Å². The number of alkyl halides is 2. The van der Waals surface area contributed by atoms with Gasteiger partial charge in [0, 0.05) is 6.20 Å². The Balaban J connectivity index is 1.66. The Morgan fingerprint density at radius 2 is 1.69 bits per heavy atom.